The quantitative estimate of drug-likeness (QED) is 0.109. The molecule has 0 aliphatic heterocycles. The molecular weight excluding hydrogens is 811 g/mol. The Kier molecular flexibility index (Phi) is 13.9. The fourth-order valence-corrected chi connectivity index (χ4v) is 6.22. The maximum absolute atomic E-state index is 6.72. The molecule has 0 aliphatic carbocycles. The average molecular weight is 845 g/mol. The monoisotopic (exact) mass is 842 g/mol. The highest BCUT2D eigenvalue weighted by Crippen LogP contribution is 2.35. The fourth-order valence-electron chi connectivity index (χ4n) is 5.22. The lowest BCUT2D eigenvalue weighted by atomic mass is 10.1. The molecule has 10 heteroatoms. The van der Waals surface area contributed by atoms with Crippen molar-refractivity contribution >= 4 is 79.2 Å². The maximum Gasteiger partial charge on any atom is 0.0875 e. The molecule has 0 aliphatic rings. The summed E-state index contributed by atoms with van der Waals surface area (Å²) in [6, 6.07) is 52.9. The third-order valence-corrected chi connectivity index (χ3v) is 10.1. The zero-order valence-corrected chi connectivity index (χ0v) is 33.1. The summed E-state index contributed by atoms with van der Waals surface area (Å²) in [5.74, 6) is 0. The van der Waals surface area contributed by atoms with Crippen LogP contribution in [0.4, 0.5) is 28.4 Å². The molecule has 3 aromatic heterocycles. The molecular formula is C45H34BrCl3N6. The predicted molar refractivity (Wildman–Crippen MR) is 236 cm³/mol. The van der Waals surface area contributed by atoms with Crippen molar-refractivity contribution < 1.29 is 0 Å². The van der Waals surface area contributed by atoms with Gasteiger partial charge in [0.05, 0.1) is 43.5 Å². The van der Waals surface area contributed by atoms with E-state index < -0.39 is 0 Å². The third kappa shape index (κ3) is 11.2. The smallest absolute Gasteiger partial charge is 0.0875 e. The number of aromatic nitrogens is 3. The van der Waals surface area contributed by atoms with Crippen molar-refractivity contribution in [1.82, 2.24) is 15.0 Å². The molecule has 0 atom stereocenters. The SMILES string of the molecule is Clc1c(Nc2ccc(-c3ccccn3)cc2)cccc1Nc1ccc(-c2ccccn2)cc1.Clc1cccc(Br)c1Cl.Nc1ccc(-c2ccccn2)cc1. The number of nitrogens with two attached hydrogens (primary N) is 1. The molecule has 0 amide bonds. The molecule has 6 nitrogen and oxygen atoms in total. The second-order valence-electron chi connectivity index (χ2n) is 11.9. The van der Waals surface area contributed by atoms with Gasteiger partial charge in [-0.2, -0.15) is 0 Å². The van der Waals surface area contributed by atoms with Crippen LogP contribution in [-0.2, 0) is 0 Å². The van der Waals surface area contributed by atoms with Gasteiger partial charge in [0.1, 0.15) is 0 Å². The highest BCUT2D eigenvalue weighted by molar-refractivity contribution is 9.10. The van der Waals surface area contributed by atoms with E-state index in [0.29, 0.717) is 15.1 Å². The van der Waals surface area contributed by atoms with E-state index in [1.165, 1.54) is 0 Å². The Morgan fingerprint density at radius 1 is 0.418 bits per heavy atom. The number of halogens is 4. The number of nitrogen functional groups attached to an aromatic ring is 1. The van der Waals surface area contributed by atoms with Crippen LogP contribution in [0.5, 0.6) is 0 Å². The van der Waals surface area contributed by atoms with Crippen LogP contribution >= 0.6 is 50.7 Å². The Hall–Kier alpha value is -5.70. The van der Waals surface area contributed by atoms with Crippen LogP contribution in [0.15, 0.2) is 187 Å². The van der Waals surface area contributed by atoms with E-state index in [4.69, 9.17) is 40.5 Å². The minimum absolute atomic E-state index is 0.569. The van der Waals surface area contributed by atoms with Crippen molar-refractivity contribution in [3.8, 4) is 33.8 Å². The molecule has 0 fully saturated rings. The summed E-state index contributed by atoms with van der Waals surface area (Å²) in [5.41, 5.74) is 16.0. The van der Waals surface area contributed by atoms with Gasteiger partial charge >= 0.3 is 0 Å². The Bertz CT molecular complexity index is 2280. The maximum atomic E-state index is 6.72. The van der Waals surface area contributed by atoms with Crippen LogP contribution in [0.25, 0.3) is 33.8 Å². The average Bonchev–Trinajstić information content (AvgIpc) is 3.24. The first-order valence-corrected chi connectivity index (χ1v) is 19.0. The van der Waals surface area contributed by atoms with Crippen molar-refractivity contribution in [2.45, 2.75) is 0 Å². The number of benzene rings is 5. The zero-order valence-electron chi connectivity index (χ0n) is 29.3. The summed E-state index contributed by atoms with van der Waals surface area (Å²) in [6.45, 7) is 0. The number of nitrogens with zero attached hydrogens (tertiary/aromatic N) is 3. The minimum atomic E-state index is 0.569. The van der Waals surface area contributed by atoms with E-state index in [1.807, 2.05) is 158 Å². The first-order valence-electron chi connectivity index (χ1n) is 17.1. The van der Waals surface area contributed by atoms with Gasteiger partial charge in [0.15, 0.2) is 0 Å². The topological polar surface area (TPSA) is 88.8 Å². The number of hydrogen-bond donors (Lipinski definition) is 3. The van der Waals surface area contributed by atoms with Gasteiger partial charge in [-0.1, -0.05) is 102 Å². The summed E-state index contributed by atoms with van der Waals surface area (Å²) in [4.78, 5) is 13.0. The highest BCUT2D eigenvalue weighted by atomic mass is 79.9. The van der Waals surface area contributed by atoms with E-state index in [-0.39, 0.29) is 0 Å². The van der Waals surface area contributed by atoms with Crippen LogP contribution in [0.2, 0.25) is 15.1 Å². The summed E-state index contributed by atoms with van der Waals surface area (Å²) in [6.07, 6.45) is 5.38. The lowest BCUT2D eigenvalue weighted by Crippen LogP contribution is -1.96. The summed E-state index contributed by atoms with van der Waals surface area (Å²) < 4.78 is 0.830. The minimum Gasteiger partial charge on any atom is -0.399 e. The van der Waals surface area contributed by atoms with Gasteiger partial charge in [0.25, 0.3) is 0 Å². The van der Waals surface area contributed by atoms with Gasteiger partial charge in [-0.15, -0.1) is 0 Å². The molecule has 4 N–H and O–H groups in total. The standard InChI is InChI=1S/C28H21ClN4.C11H10N2.C6H3BrCl2/c29-28-26(32-22-14-10-20(11-15-22)24-6-1-3-18-30-24)8-5-9-27(28)33-23-16-12-21(13-17-23)25-7-2-4-19-31-25;12-10-6-4-9(5-7-10)11-3-1-2-8-13-11;7-4-2-1-3-5(8)6(4)9/h1-19,32-33H;1-8H,12H2;1-3H. The Labute approximate surface area is 344 Å². The predicted octanol–water partition coefficient (Wildman–Crippen LogP) is 14.0. The molecule has 0 bridgehead atoms. The third-order valence-electron chi connectivity index (χ3n) is 8.02. The Balaban J connectivity index is 0.000000189. The molecule has 5 aromatic carbocycles. The lowest BCUT2D eigenvalue weighted by Gasteiger charge is -2.14. The molecule has 55 heavy (non-hydrogen) atoms. The van der Waals surface area contributed by atoms with E-state index in [0.717, 1.165) is 66.7 Å². The molecule has 0 unspecified atom stereocenters. The largest absolute Gasteiger partial charge is 0.399 e. The fraction of sp³-hybridized carbons (Fsp3) is 0. The van der Waals surface area contributed by atoms with Crippen LogP contribution in [-0.4, -0.2) is 15.0 Å². The summed E-state index contributed by atoms with van der Waals surface area (Å²) in [7, 11) is 0. The van der Waals surface area contributed by atoms with Crippen molar-refractivity contribution in [3.63, 3.8) is 0 Å². The first-order chi connectivity index (χ1) is 26.8. The molecule has 0 saturated carbocycles. The van der Waals surface area contributed by atoms with Crippen molar-refractivity contribution in [2.75, 3.05) is 16.4 Å². The number of pyridine rings is 3. The molecule has 0 radical (unpaired) electrons. The summed E-state index contributed by atoms with van der Waals surface area (Å²) in [5, 5.41) is 8.58. The number of hydrogen-bond acceptors (Lipinski definition) is 6. The molecule has 0 spiro atoms. The highest BCUT2D eigenvalue weighted by Gasteiger charge is 2.08. The molecule has 8 aromatic rings. The van der Waals surface area contributed by atoms with Crippen molar-refractivity contribution in [1.29, 1.82) is 0 Å². The Morgan fingerprint density at radius 2 is 0.818 bits per heavy atom. The molecule has 272 valence electrons. The lowest BCUT2D eigenvalue weighted by molar-refractivity contribution is 1.33. The van der Waals surface area contributed by atoms with Crippen molar-refractivity contribution in [3.05, 3.63) is 202 Å². The van der Waals surface area contributed by atoms with Gasteiger partial charge in [0, 0.05) is 56.8 Å². The van der Waals surface area contributed by atoms with E-state index >= 15 is 0 Å². The molecule has 3 heterocycles. The van der Waals surface area contributed by atoms with Crippen LogP contribution < -0.4 is 16.4 Å². The first kappa shape index (κ1) is 39.0. The van der Waals surface area contributed by atoms with Crippen LogP contribution in [0, 0.1) is 0 Å². The Morgan fingerprint density at radius 3 is 1.18 bits per heavy atom. The molecule has 0 saturated heterocycles. The number of anilines is 5. The van der Waals surface area contributed by atoms with Gasteiger partial charge in [-0.25, -0.2) is 0 Å². The van der Waals surface area contributed by atoms with Gasteiger partial charge in [-0.3, -0.25) is 15.0 Å². The van der Waals surface area contributed by atoms with Gasteiger partial charge in [0.2, 0.25) is 0 Å². The van der Waals surface area contributed by atoms with Gasteiger partial charge in [-0.05, 0) is 113 Å². The van der Waals surface area contributed by atoms with Crippen LogP contribution in [0.1, 0.15) is 0 Å². The zero-order chi connectivity index (χ0) is 38.4. The van der Waals surface area contributed by atoms with Gasteiger partial charge < -0.3 is 16.4 Å². The molecule has 8 rings (SSSR count). The normalized spacial score (nSPS) is 10.3. The number of rotatable bonds is 7. The van der Waals surface area contributed by atoms with E-state index in [9.17, 15) is 0 Å². The summed E-state index contributed by atoms with van der Waals surface area (Å²) >= 11 is 21.3. The van der Waals surface area contributed by atoms with Crippen LogP contribution in [0.3, 0.4) is 0 Å². The number of nitrogens with one attached hydrogen (secondary N) is 2. The van der Waals surface area contributed by atoms with E-state index in [2.05, 4.69) is 41.5 Å². The second-order valence-corrected chi connectivity index (χ2v) is 13.9. The van der Waals surface area contributed by atoms with Crippen molar-refractivity contribution in [2.24, 2.45) is 0 Å². The second kappa shape index (κ2) is 19.6. The van der Waals surface area contributed by atoms with E-state index in [1.54, 1.807) is 24.7 Å².